The normalized spacial score (nSPS) is 31.2. The lowest BCUT2D eigenvalue weighted by Gasteiger charge is -2.43. The molecule has 14 heavy (non-hydrogen) atoms. The number of nitrogens with two attached hydrogens (primary N) is 1. The summed E-state index contributed by atoms with van der Waals surface area (Å²) in [5.41, 5.74) is 8.95. The average Bonchev–Trinajstić information content (AvgIpc) is 2.16. The molecule has 1 aliphatic carbocycles. The van der Waals surface area contributed by atoms with E-state index in [4.69, 9.17) is 5.73 Å². The van der Waals surface area contributed by atoms with E-state index >= 15 is 0 Å². The first-order chi connectivity index (χ1) is 6.74. The molecule has 1 heteroatoms. The van der Waals surface area contributed by atoms with Crippen LogP contribution in [0.15, 0.2) is 24.3 Å². The van der Waals surface area contributed by atoms with E-state index in [9.17, 15) is 0 Å². The van der Waals surface area contributed by atoms with Crippen molar-refractivity contribution < 1.29 is 0 Å². The molecular weight excluding hydrogens is 170 g/mol. The van der Waals surface area contributed by atoms with Gasteiger partial charge in [0.2, 0.25) is 0 Å². The lowest BCUT2D eigenvalue weighted by atomic mass is 9.64. The summed E-state index contributed by atoms with van der Waals surface area (Å²) in [6, 6.07) is 9.14. The molecule has 3 unspecified atom stereocenters. The monoisotopic (exact) mass is 189 g/mol. The van der Waals surface area contributed by atoms with Gasteiger partial charge in [-0.2, -0.15) is 0 Å². The molecule has 0 amide bonds. The van der Waals surface area contributed by atoms with Crippen molar-refractivity contribution in [2.75, 3.05) is 0 Å². The third-order valence-corrected chi connectivity index (χ3v) is 3.65. The molecule has 1 saturated carbocycles. The Morgan fingerprint density at radius 3 is 2.64 bits per heavy atom. The zero-order chi connectivity index (χ0) is 10.1. The molecule has 0 saturated heterocycles. The molecule has 0 heterocycles. The van der Waals surface area contributed by atoms with E-state index in [1.165, 1.54) is 24.0 Å². The van der Waals surface area contributed by atoms with Crippen molar-refractivity contribution in [3.8, 4) is 0 Å². The van der Waals surface area contributed by atoms with Crippen LogP contribution in [-0.2, 0) is 0 Å². The second-order valence-electron chi connectivity index (χ2n) is 4.43. The van der Waals surface area contributed by atoms with Crippen molar-refractivity contribution in [1.29, 1.82) is 0 Å². The predicted molar refractivity (Wildman–Crippen MR) is 60.3 cm³/mol. The van der Waals surface area contributed by atoms with Crippen molar-refractivity contribution >= 4 is 0 Å². The second kappa shape index (κ2) is 3.74. The quantitative estimate of drug-likeness (QED) is 0.760. The fourth-order valence-electron chi connectivity index (χ4n) is 2.69. The van der Waals surface area contributed by atoms with Crippen LogP contribution >= 0.6 is 0 Å². The summed E-state index contributed by atoms with van der Waals surface area (Å²) in [6.07, 6.45) is 2.38. The lowest BCUT2D eigenvalue weighted by Crippen LogP contribution is -2.45. The standard InChI is InChI=1S/C13H19N/c1-3-10-12(8-13(10)14)11-7-5-4-6-9(11)2/h4-7,10,12-13H,3,8,14H2,1-2H3. The van der Waals surface area contributed by atoms with Crippen molar-refractivity contribution in [1.82, 2.24) is 0 Å². The average molecular weight is 189 g/mol. The SMILES string of the molecule is CCC1C(N)CC1c1ccccc1C. The van der Waals surface area contributed by atoms with Crippen molar-refractivity contribution in [2.45, 2.75) is 38.6 Å². The van der Waals surface area contributed by atoms with Crippen LogP contribution in [0.2, 0.25) is 0 Å². The third-order valence-electron chi connectivity index (χ3n) is 3.65. The smallest absolute Gasteiger partial charge is 0.00788 e. The Morgan fingerprint density at radius 1 is 1.36 bits per heavy atom. The van der Waals surface area contributed by atoms with E-state index in [0.717, 1.165) is 5.92 Å². The Morgan fingerprint density at radius 2 is 2.07 bits per heavy atom. The molecule has 0 bridgehead atoms. The Kier molecular flexibility index (Phi) is 2.60. The Balaban J connectivity index is 2.21. The van der Waals surface area contributed by atoms with Crippen LogP contribution in [0.1, 0.15) is 36.8 Å². The fourth-order valence-corrected chi connectivity index (χ4v) is 2.69. The van der Waals surface area contributed by atoms with Gasteiger partial charge in [-0.1, -0.05) is 37.6 Å². The van der Waals surface area contributed by atoms with E-state index < -0.39 is 0 Å². The Hall–Kier alpha value is -0.820. The van der Waals surface area contributed by atoms with Gasteiger partial charge in [0.15, 0.2) is 0 Å². The molecule has 76 valence electrons. The maximum Gasteiger partial charge on any atom is 0.00788 e. The highest BCUT2D eigenvalue weighted by Crippen LogP contribution is 2.44. The van der Waals surface area contributed by atoms with Gasteiger partial charge in [0.1, 0.15) is 0 Å². The molecule has 1 fully saturated rings. The van der Waals surface area contributed by atoms with Gasteiger partial charge in [-0.3, -0.25) is 0 Å². The molecule has 1 nitrogen and oxygen atoms in total. The molecule has 2 rings (SSSR count). The molecule has 1 aliphatic rings. The van der Waals surface area contributed by atoms with Gasteiger partial charge in [0.05, 0.1) is 0 Å². The van der Waals surface area contributed by atoms with E-state index in [-0.39, 0.29) is 0 Å². The summed E-state index contributed by atoms with van der Waals surface area (Å²) in [4.78, 5) is 0. The Labute approximate surface area is 86.3 Å². The van der Waals surface area contributed by atoms with E-state index in [1.54, 1.807) is 0 Å². The number of hydrogen-bond acceptors (Lipinski definition) is 1. The Bertz CT molecular complexity index is 319. The highest BCUT2D eigenvalue weighted by Gasteiger charge is 2.38. The van der Waals surface area contributed by atoms with E-state index in [1.807, 2.05) is 0 Å². The number of aryl methyl sites for hydroxylation is 1. The summed E-state index contributed by atoms with van der Waals surface area (Å²) in [5, 5.41) is 0. The minimum absolute atomic E-state index is 0.435. The minimum Gasteiger partial charge on any atom is -0.327 e. The van der Waals surface area contributed by atoms with Crippen molar-refractivity contribution in [3.63, 3.8) is 0 Å². The molecule has 0 aliphatic heterocycles. The van der Waals surface area contributed by atoms with Gasteiger partial charge in [-0.05, 0) is 36.3 Å². The largest absolute Gasteiger partial charge is 0.327 e. The number of hydrogen-bond donors (Lipinski definition) is 1. The van der Waals surface area contributed by atoms with E-state index in [2.05, 4.69) is 38.1 Å². The topological polar surface area (TPSA) is 26.0 Å². The molecule has 3 atom stereocenters. The third kappa shape index (κ3) is 1.46. The molecule has 0 spiro atoms. The van der Waals surface area contributed by atoms with Gasteiger partial charge < -0.3 is 5.73 Å². The van der Waals surface area contributed by atoms with Crippen LogP contribution in [0.5, 0.6) is 0 Å². The first-order valence-corrected chi connectivity index (χ1v) is 5.55. The van der Waals surface area contributed by atoms with Crippen LogP contribution < -0.4 is 5.73 Å². The van der Waals surface area contributed by atoms with E-state index in [0.29, 0.717) is 12.0 Å². The van der Waals surface area contributed by atoms with Crippen LogP contribution in [0.4, 0.5) is 0 Å². The molecule has 1 aromatic rings. The number of rotatable bonds is 2. The van der Waals surface area contributed by atoms with Crippen molar-refractivity contribution in [2.24, 2.45) is 11.7 Å². The maximum atomic E-state index is 6.01. The second-order valence-corrected chi connectivity index (χ2v) is 4.43. The van der Waals surface area contributed by atoms with Crippen LogP contribution in [-0.4, -0.2) is 6.04 Å². The number of benzene rings is 1. The molecule has 1 aromatic carbocycles. The molecule has 0 aromatic heterocycles. The molecule has 2 N–H and O–H groups in total. The summed E-state index contributed by atoms with van der Waals surface area (Å²) in [7, 11) is 0. The summed E-state index contributed by atoms with van der Waals surface area (Å²) in [5.74, 6) is 1.42. The lowest BCUT2D eigenvalue weighted by molar-refractivity contribution is 0.198. The fraction of sp³-hybridized carbons (Fsp3) is 0.538. The van der Waals surface area contributed by atoms with Gasteiger partial charge in [0.25, 0.3) is 0 Å². The van der Waals surface area contributed by atoms with Gasteiger partial charge in [0, 0.05) is 6.04 Å². The summed E-state index contributed by atoms with van der Waals surface area (Å²) < 4.78 is 0. The first-order valence-electron chi connectivity index (χ1n) is 5.55. The summed E-state index contributed by atoms with van der Waals surface area (Å²) >= 11 is 0. The van der Waals surface area contributed by atoms with Crippen LogP contribution in [0, 0.1) is 12.8 Å². The predicted octanol–water partition coefficient (Wildman–Crippen LogP) is 2.84. The van der Waals surface area contributed by atoms with Gasteiger partial charge in [-0.25, -0.2) is 0 Å². The zero-order valence-electron chi connectivity index (χ0n) is 9.03. The minimum atomic E-state index is 0.435. The van der Waals surface area contributed by atoms with Crippen molar-refractivity contribution in [3.05, 3.63) is 35.4 Å². The maximum absolute atomic E-state index is 6.01. The highest BCUT2D eigenvalue weighted by atomic mass is 14.7. The van der Waals surface area contributed by atoms with Gasteiger partial charge in [-0.15, -0.1) is 0 Å². The molecular formula is C13H19N. The van der Waals surface area contributed by atoms with Crippen LogP contribution in [0.25, 0.3) is 0 Å². The zero-order valence-corrected chi connectivity index (χ0v) is 9.03. The molecule has 0 radical (unpaired) electrons. The van der Waals surface area contributed by atoms with Crippen LogP contribution in [0.3, 0.4) is 0 Å². The highest BCUT2D eigenvalue weighted by molar-refractivity contribution is 5.32. The first kappa shape index (κ1) is 9.72. The van der Waals surface area contributed by atoms with Gasteiger partial charge >= 0.3 is 0 Å². The summed E-state index contributed by atoms with van der Waals surface area (Å²) in [6.45, 7) is 4.45.